The number of H-pyrrole nitrogens is 1. The third kappa shape index (κ3) is 1.76. The summed E-state index contributed by atoms with van der Waals surface area (Å²) in [6.45, 7) is 3.49. The molecule has 0 spiro atoms. The zero-order chi connectivity index (χ0) is 16.4. The largest absolute Gasteiger partial charge is 0.497 e. The maximum atomic E-state index is 10.1. The molecular weight excluding hydrogens is 300 g/mol. The first kappa shape index (κ1) is 14.6. The lowest BCUT2D eigenvalue weighted by atomic mass is 9.64. The number of fused-ring (bicyclic) bond motifs is 4. The molecule has 0 radical (unpaired) electrons. The Hall–Kier alpha value is -1.78. The first-order chi connectivity index (χ1) is 11.7. The molecule has 0 saturated carbocycles. The van der Waals surface area contributed by atoms with Crippen molar-refractivity contribution in [3.63, 3.8) is 0 Å². The Labute approximate surface area is 142 Å². The molecule has 2 unspecified atom stereocenters. The van der Waals surface area contributed by atoms with E-state index in [-0.39, 0.29) is 6.61 Å². The van der Waals surface area contributed by atoms with Crippen molar-refractivity contribution in [1.29, 1.82) is 0 Å². The van der Waals surface area contributed by atoms with Gasteiger partial charge in [0, 0.05) is 41.7 Å². The molecule has 4 heteroatoms. The Kier molecular flexibility index (Phi) is 3.10. The normalized spacial score (nSPS) is 35.5. The molecule has 5 heterocycles. The van der Waals surface area contributed by atoms with Crippen molar-refractivity contribution in [3.05, 3.63) is 41.1 Å². The van der Waals surface area contributed by atoms with Gasteiger partial charge in [0.25, 0.3) is 0 Å². The lowest BCUT2D eigenvalue weighted by Gasteiger charge is -2.58. The molecule has 5 atom stereocenters. The number of allylic oxidation sites excluding steroid dienone is 1. The Morgan fingerprint density at radius 1 is 1.42 bits per heavy atom. The minimum absolute atomic E-state index is 0.289. The van der Waals surface area contributed by atoms with Gasteiger partial charge in [-0.3, -0.25) is 4.90 Å². The third-order valence-corrected chi connectivity index (χ3v) is 6.63. The summed E-state index contributed by atoms with van der Waals surface area (Å²) in [6, 6.07) is 7.24. The van der Waals surface area contributed by atoms with Crippen LogP contribution < -0.4 is 4.74 Å². The van der Waals surface area contributed by atoms with Crippen LogP contribution in [0.1, 0.15) is 30.6 Å². The van der Waals surface area contributed by atoms with Gasteiger partial charge in [0.1, 0.15) is 5.75 Å². The number of aromatic amines is 1. The molecule has 1 aromatic carbocycles. The second-order valence-corrected chi connectivity index (χ2v) is 7.44. The van der Waals surface area contributed by atoms with Crippen molar-refractivity contribution >= 4 is 10.9 Å². The van der Waals surface area contributed by atoms with E-state index < -0.39 is 0 Å². The minimum Gasteiger partial charge on any atom is -0.497 e. The molecule has 4 bridgehead atoms. The van der Waals surface area contributed by atoms with Gasteiger partial charge in [-0.1, -0.05) is 11.6 Å². The van der Waals surface area contributed by atoms with Crippen molar-refractivity contribution in [2.45, 2.75) is 31.8 Å². The molecule has 2 aromatic rings. The Balaban J connectivity index is 1.66. The van der Waals surface area contributed by atoms with Gasteiger partial charge in [-0.25, -0.2) is 0 Å². The standard InChI is InChI=1S/C20H24N2O2/c1-3-11-9-22-18-8-15-14-6-12(24-2)4-5-17(14)21-20(15)19(22)7-13(11)16(18)10-23/h3-6,13,16,18-19,21,23H,7-10H2,1-2H3/b11-3-/t13?,16-,18+,19+/m1/s1. The number of rotatable bonds is 2. The summed E-state index contributed by atoms with van der Waals surface area (Å²) >= 11 is 0. The maximum absolute atomic E-state index is 10.1. The zero-order valence-electron chi connectivity index (χ0n) is 14.2. The van der Waals surface area contributed by atoms with E-state index in [9.17, 15) is 5.11 Å². The fourth-order valence-corrected chi connectivity index (χ4v) is 5.47. The number of nitrogens with one attached hydrogen (secondary N) is 1. The average molecular weight is 324 g/mol. The summed E-state index contributed by atoms with van der Waals surface area (Å²) in [5.74, 6) is 1.82. The van der Waals surface area contributed by atoms with E-state index in [1.807, 2.05) is 6.07 Å². The van der Waals surface area contributed by atoms with E-state index in [4.69, 9.17) is 4.74 Å². The smallest absolute Gasteiger partial charge is 0.119 e. The van der Waals surface area contributed by atoms with Gasteiger partial charge >= 0.3 is 0 Å². The third-order valence-electron chi connectivity index (χ3n) is 6.63. The SMILES string of the molecule is C/C=C1/CN2[C@H]3CC1[C@@H](CO)[C@@H]2Cc1c3[nH]c2ccc(OC)cc12. The molecule has 0 amide bonds. The first-order valence-electron chi connectivity index (χ1n) is 8.95. The van der Waals surface area contributed by atoms with E-state index >= 15 is 0 Å². The van der Waals surface area contributed by atoms with Crippen molar-refractivity contribution in [2.75, 3.05) is 20.3 Å². The van der Waals surface area contributed by atoms with Crippen LogP contribution >= 0.6 is 0 Å². The maximum Gasteiger partial charge on any atom is 0.119 e. The van der Waals surface area contributed by atoms with E-state index in [1.54, 1.807) is 7.11 Å². The lowest BCUT2D eigenvalue weighted by molar-refractivity contribution is -0.0503. The number of aliphatic hydroxyl groups excluding tert-OH is 1. The fourth-order valence-electron chi connectivity index (χ4n) is 5.47. The van der Waals surface area contributed by atoms with Crippen LogP contribution in [0.5, 0.6) is 5.75 Å². The second kappa shape index (κ2) is 5.11. The fraction of sp³-hybridized carbons (Fsp3) is 0.500. The molecule has 3 saturated heterocycles. The van der Waals surface area contributed by atoms with Crippen LogP contribution in [0.3, 0.4) is 0 Å². The van der Waals surface area contributed by atoms with Crippen molar-refractivity contribution in [1.82, 2.24) is 9.88 Å². The number of hydrogen-bond acceptors (Lipinski definition) is 3. The van der Waals surface area contributed by atoms with Gasteiger partial charge in [-0.2, -0.15) is 0 Å². The van der Waals surface area contributed by atoms with E-state index in [0.29, 0.717) is 23.9 Å². The van der Waals surface area contributed by atoms with Gasteiger partial charge in [-0.15, -0.1) is 0 Å². The summed E-state index contributed by atoms with van der Waals surface area (Å²) in [5, 5.41) is 11.3. The molecule has 24 heavy (non-hydrogen) atoms. The summed E-state index contributed by atoms with van der Waals surface area (Å²) in [4.78, 5) is 6.32. The minimum atomic E-state index is 0.289. The average Bonchev–Trinajstić information content (AvgIpc) is 2.99. The van der Waals surface area contributed by atoms with Gasteiger partial charge in [0.05, 0.1) is 13.2 Å². The highest BCUT2D eigenvalue weighted by atomic mass is 16.5. The van der Waals surface area contributed by atoms with Crippen LogP contribution in [0, 0.1) is 11.8 Å². The van der Waals surface area contributed by atoms with Crippen LogP contribution in [0.2, 0.25) is 0 Å². The molecule has 0 aliphatic carbocycles. The molecule has 6 rings (SSSR count). The zero-order valence-corrected chi connectivity index (χ0v) is 14.2. The molecule has 126 valence electrons. The molecule has 1 aromatic heterocycles. The Bertz CT molecular complexity index is 838. The highest BCUT2D eigenvalue weighted by Gasteiger charge is 2.52. The number of piperidine rings is 3. The van der Waals surface area contributed by atoms with E-state index in [0.717, 1.165) is 25.1 Å². The summed E-state index contributed by atoms with van der Waals surface area (Å²) in [5.41, 5.74) is 5.56. The number of aliphatic hydroxyl groups is 1. The quantitative estimate of drug-likeness (QED) is 0.835. The number of hydrogen-bond donors (Lipinski definition) is 2. The van der Waals surface area contributed by atoms with Crippen LogP contribution in [-0.2, 0) is 6.42 Å². The molecule has 3 fully saturated rings. The van der Waals surface area contributed by atoms with Crippen LogP contribution in [0.25, 0.3) is 10.9 Å². The summed E-state index contributed by atoms with van der Waals surface area (Å²) in [6.07, 6.45) is 4.42. The van der Waals surface area contributed by atoms with Gasteiger partial charge in [-0.05, 0) is 49.4 Å². The summed E-state index contributed by atoms with van der Waals surface area (Å²) in [7, 11) is 1.72. The second-order valence-electron chi connectivity index (χ2n) is 7.44. The van der Waals surface area contributed by atoms with E-state index in [1.165, 1.54) is 27.7 Å². The highest BCUT2D eigenvalue weighted by molar-refractivity contribution is 5.86. The monoisotopic (exact) mass is 324 g/mol. The molecule has 4 aliphatic rings. The molecule has 4 aliphatic heterocycles. The van der Waals surface area contributed by atoms with E-state index in [2.05, 4.69) is 35.0 Å². The molecule has 4 nitrogen and oxygen atoms in total. The number of methoxy groups -OCH3 is 1. The Morgan fingerprint density at radius 2 is 2.29 bits per heavy atom. The summed E-state index contributed by atoms with van der Waals surface area (Å²) < 4.78 is 5.43. The molecule has 2 N–H and O–H groups in total. The van der Waals surface area contributed by atoms with Crippen LogP contribution in [0.15, 0.2) is 29.8 Å². The lowest BCUT2D eigenvalue weighted by Crippen LogP contribution is -2.60. The Morgan fingerprint density at radius 3 is 3.04 bits per heavy atom. The predicted molar refractivity (Wildman–Crippen MR) is 94.2 cm³/mol. The molecular formula is C20H24N2O2. The van der Waals surface area contributed by atoms with Crippen molar-refractivity contribution in [2.24, 2.45) is 11.8 Å². The van der Waals surface area contributed by atoms with Crippen LogP contribution in [-0.4, -0.2) is 41.3 Å². The van der Waals surface area contributed by atoms with Crippen LogP contribution in [0.4, 0.5) is 0 Å². The highest BCUT2D eigenvalue weighted by Crippen LogP contribution is 2.54. The topological polar surface area (TPSA) is 48.5 Å². The van der Waals surface area contributed by atoms with Crippen molar-refractivity contribution < 1.29 is 9.84 Å². The number of benzene rings is 1. The number of aromatic nitrogens is 1. The van der Waals surface area contributed by atoms with Crippen molar-refractivity contribution in [3.8, 4) is 5.75 Å². The predicted octanol–water partition coefficient (Wildman–Crippen LogP) is 3.03. The number of nitrogens with zero attached hydrogens (tertiary/aromatic N) is 1. The first-order valence-corrected chi connectivity index (χ1v) is 8.95. The van der Waals surface area contributed by atoms with Gasteiger partial charge in [0.2, 0.25) is 0 Å². The van der Waals surface area contributed by atoms with Gasteiger partial charge in [0.15, 0.2) is 0 Å². The number of ether oxygens (including phenoxy) is 1. The van der Waals surface area contributed by atoms with Gasteiger partial charge < -0.3 is 14.8 Å².